The molecule has 0 N–H and O–H groups in total. The zero-order valence-corrected chi connectivity index (χ0v) is 14.4. The summed E-state index contributed by atoms with van der Waals surface area (Å²) in [6.45, 7) is 0.614. The first-order valence-corrected chi connectivity index (χ1v) is 8.13. The Labute approximate surface area is 149 Å². The van der Waals surface area contributed by atoms with Gasteiger partial charge in [0.05, 0.1) is 17.9 Å². The van der Waals surface area contributed by atoms with Gasteiger partial charge in [0, 0.05) is 22.4 Å². The summed E-state index contributed by atoms with van der Waals surface area (Å²) in [6, 6.07) is 15.1. The van der Waals surface area contributed by atoms with E-state index < -0.39 is 0 Å². The molecule has 3 aromatic rings. The highest BCUT2D eigenvalue weighted by atomic mass is 35.5. The van der Waals surface area contributed by atoms with Crippen molar-refractivity contribution in [3.05, 3.63) is 88.4 Å². The lowest BCUT2D eigenvalue weighted by Crippen LogP contribution is -2.00. The Kier molecular flexibility index (Phi) is 5.06. The van der Waals surface area contributed by atoms with Gasteiger partial charge in [-0.05, 0) is 41.0 Å². The molecule has 0 amide bonds. The minimum atomic E-state index is 0.614. The number of benzene rings is 2. The molecule has 116 valence electrons. The monoisotopic (exact) mass is 362 g/mol. The first-order chi connectivity index (χ1) is 11.1. The van der Waals surface area contributed by atoms with Gasteiger partial charge in [0.25, 0.3) is 0 Å². The smallest absolute Gasteiger partial charge is 0.0949 e. The molecule has 0 aliphatic rings. The fraction of sp³-hybridized carbons (Fsp3) is 0.0556. The second-order valence-corrected chi connectivity index (χ2v) is 6.29. The Hall–Kier alpha value is -1.74. The third-order valence-corrected chi connectivity index (χ3v) is 4.41. The van der Waals surface area contributed by atoms with E-state index in [4.69, 9.17) is 34.8 Å². The summed E-state index contributed by atoms with van der Waals surface area (Å²) in [6.07, 6.45) is 5.42. The van der Waals surface area contributed by atoms with Gasteiger partial charge in [-0.3, -0.25) is 0 Å². The van der Waals surface area contributed by atoms with Crippen LogP contribution in [-0.4, -0.2) is 9.55 Å². The van der Waals surface area contributed by atoms with Crippen LogP contribution in [0.3, 0.4) is 0 Å². The number of nitrogens with zero attached hydrogens (tertiary/aromatic N) is 2. The first kappa shape index (κ1) is 16.1. The Morgan fingerprint density at radius 2 is 1.43 bits per heavy atom. The summed E-state index contributed by atoms with van der Waals surface area (Å²) >= 11 is 18.6. The van der Waals surface area contributed by atoms with Crippen LogP contribution in [0.2, 0.25) is 10.0 Å². The lowest BCUT2D eigenvalue weighted by Gasteiger charge is -2.13. The van der Waals surface area contributed by atoms with Crippen LogP contribution in [0.4, 0.5) is 0 Å². The van der Waals surface area contributed by atoms with Crippen LogP contribution in [0.15, 0.2) is 67.3 Å². The Bertz CT molecular complexity index is 804. The molecule has 0 bridgehead atoms. The van der Waals surface area contributed by atoms with Crippen LogP contribution < -0.4 is 0 Å². The number of aromatic nitrogens is 2. The molecular formula is C18H13Cl3N2. The van der Waals surface area contributed by atoms with Crippen molar-refractivity contribution in [1.82, 2.24) is 9.55 Å². The number of imidazole rings is 1. The van der Waals surface area contributed by atoms with E-state index in [1.54, 1.807) is 12.5 Å². The molecule has 2 aromatic carbocycles. The number of rotatable bonds is 4. The maximum atomic E-state index is 6.69. The summed E-state index contributed by atoms with van der Waals surface area (Å²) in [5.41, 5.74) is 2.92. The molecule has 2 nitrogen and oxygen atoms in total. The Morgan fingerprint density at radius 3 is 1.96 bits per heavy atom. The molecule has 0 saturated heterocycles. The van der Waals surface area contributed by atoms with E-state index in [0.717, 1.165) is 16.7 Å². The number of hydrogen-bond donors (Lipinski definition) is 0. The highest BCUT2D eigenvalue weighted by molar-refractivity contribution is 6.52. The van der Waals surface area contributed by atoms with Gasteiger partial charge in [0.1, 0.15) is 0 Å². The van der Waals surface area contributed by atoms with Crippen LogP contribution in [0.1, 0.15) is 11.1 Å². The van der Waals surface area contributed by atoms with E-state index in [0.29, 0.717) is 21.6 Å². The van der Waals surface area contributed by atoms with Gasteiger partial charge in [-0.2, -0.15) is 0 Å². The molecule has 0 fully saturated rings. The summed E-state index contributed by atoms with van der Waals surface area (Å²) in [5.74, 6) is 0. The molecule has 0 aliphatic heterocycles. The van der Waals surface area contributed by atoms with Crippen molar-refractivity contribution in [2.24, 2.45) is 0 Å². The molecule has 0 atom stereocenters. The SMILES string of the molecule is ClC(=C(Cn1ccnc1)c1ccc(Cl)cc1)c1ccc(Cl)cc1. The minimum absolute atomic E-state index is 0.614. The van der Waals surface area contributed by atoms with Crippen LogP contribution in [0, 0.1) is 0 Å². The van der Waals surface area contributed by atoms with E-state index in [1.165, 1.54) is 0 Å². The van der Waals surface area contributed by atoms with E-state index in [-0.39, 0.29) is 0 Å². The molecule has 1 aromatic heterocycles. The molecule has 23 heavy (non-hydrogen) atoms. The van der Waals surface area contributed by atoms with Crippen molar-refractivity contribution in [2.45, 2.75) is 6.54 Å². The third-order valence-electron chi connectivity index (χ3n) is 3.46. The molecule has 0 aliphatic carbocycles. The van der Waals surface area contributed by atoms with Crippen LogP contribution in [0.25, 0.3) is 10.6 Å². The quantitative estimate of drug-likeness (QED) is 0.520. The predicted octanol–water partition coefficient (Wildman–Crippen LogP) is 6.00. The van der Waals surface area contributed by atoms with Gasteiger partial charge >= 0.3 is 0 Å². The van der Waals surface area contributed by atoms with Gasteiger partial charge < -0.3 is 4.57 Å². The van der Waals surface area contributed by atoms with Crippen molar-refractivity contribution < 1.29 is 0 Å². The van der Waals surface area contributed by atoms with E-state index >= 15 is 0 Å². The topological polar surface area (TPSA) is 17.8 Å². The Balaban J connectivity index is 2.07. The molecule has 0 radical (unpaired) electrons. The molecule has 0 unspecified atom stereocenters. The second-order valence-electron chi connectivity index (χ2n) is 5.04. The maximum Gasteiger partial charge on any atom is 0.0949 e. The fourth-order valence-corrected chi connectivity index (χ4v) is 2.82. The zero-order valence-electron chi connectivity index (χ0n) is 12.1. The Morgan fingerprint density at radius 1 is 0.870 bits per heavy atom. The maximum absolute atomic E-state index is 6.69. The third kappa shape index (κ3) is 3.97. The highest BCUT2D eigenvalue weighted by Crippen LogP contribution is 2.32. The van der Waals surface area contributed by atoms with E-state index in [2.05, 4.69) is 4.98 Å². The van der Waals surface area contributed by atoms with Crippen molar-refractivity contribution in [3.8, 4) is 0 Å². The van der Waals surface area contributed by atoms with Gasteiger partial charge in [-0.15, -0.1) is 0 Å². The summed E-state index contributed by atoms with van der Waals surface area (Å²) < 4.78 is 1.97. The largest absolute Gasteiger partial charge is 0.333 e. The first-order valence-electron chi connectivity index (χ1n) is 7.00. The number of halogens is 3. The number of hydrogen-bond acceptors (Lipinski definition) is 1. The molecule has 5 heteroatoms. The highest BCUT2D eigenvalue weighted by Gasteiger charge is 2.11. The van der Waals surface area contributed by atoms with Gasteiger partial charge in [0.15, 0.2) is 0 Å². The minimum Gasteiger partial charge on any atom is -0.333 e. The average Bonchev–Trinajstić information content (AvgIpc) is 3.07. The lowest BCUT2D eigenvalue weighted by atomic mass is 10.0. The lowest BCUT2D eigenvalue weighted by molar-refractivity contribution is 0.835. The van der Waals surface area contributed by atoms with E-state index in [9.17, 15) is 0 Å². The molecular weight excluding hydrogens is 351 g/mol. The molecule has 1 heterocycles. The zero-order chi connectivity index (χ0) is 16.2. The van der Waals surface area contributed by atoms with Crippen molar-refractivity contribution in [1.29, 1.82) is 0 Å². The van der Waals surface area contributed by atoms with Crippen molar-refractivity contribution in [3.63, 3.8) is 0 Å². The summed E-state index contributed by atoms with van der Waals surface area (Å²) in [5, 5.41) is 2.05. The second kappa shape index (κ2) is 7.22. The molecule has 0 saturated carbocycles. The summed E-state index contributed by atoms with van der Waals surface area (Å²) in [7, 11) is 0. The average molecular weight is 364 g/mol. The normalized spacial score (nSPS) is 12.1. The molecule has 0 spiro atoms. The van der Waals surface area contributed by atoms with Crippen molar-refractivity contribution in [2.75, 3.05) is 0 Å². The van der Waals surface area contributed by atoms with Crippen LogP contribution in [-0.2, 0) is 6.54 Å². The fourth-order valence-electron chi connectivity index (χ4n) is 2.27. The number of allylic oxidation sites excluding steroid dienone is 1. The van der Waals surface area contributed by atoms with Crippen molar-refractivity contribution >= 4 is 45.4 Å². The molecule has 3 rings (SSSR count). The van der Waals surface area contributed by atoms with Gasteiger partial charge in [0.2, 0.25) is 0 Å². The summed E-state index contributed by atoms with van der Waals surface area (Å²) in [4.78, 5) is 4.09. The van der Waals surface area contributed by atoms with E-state index in [1.807, 2.05) is 59.3 Å². The predicted molar refractivity (Wildman–Crippen MR) is 97.8 cm³/mol. The van der Waals surface area contributed by atoms with Gasteiger partial charge in [-0.1, -0.05) is 59.1 Å². The van der Waals surface area contributed by atoms with Crippen LogP contribution >= 0.6 is 34.8 Å². The van der Waals surface area contributed by atoms with Crippen LogP contribution in [0.5, 0.6) is 0 Å². The standard InChI is InChI=1S/C18H13Cl3N2/c19-15-5-1-13(2-6-15)17(11-23-10-9-22-12-23)18(21)14-3-7-16(20)8-4-14/h1-10,12H,11H2. The van der Waals surface area contributed by atoms with Gasteiger partial charge in [-0.25, -0.2) is 4.98 Å².